The van der Waals surface area contributed by atoms with Gasteiger partial charge in [0.05, 0.1) is 6.61 Å². The van der Waals surface area contributed by atoms with Gasteiger partial charge in [0, 0.05) is 49.9 Å². The molecule has 4 bridgehead atoms. The number of aryl methyl sites for hydroxylation is 1. The number of hydrogen-bond donors (Lipinski definition) is 0. The van der Waals surface area contributed by atoms with Crippen LogP contribution in [-0.4, -0.2) is 6.61 Å². The van der Waals surface area contributed by atoms with Gasteiger partial charge in [0.2, 0.25) is 0 Å². The summed E-state index contributed by atoms with van der Waals surface area (Å²) >= 11 is 0. The molecule has 3 aromatic rings. The summed E-state index contributed by atoms with van der Waals surface area (Å²) in [6.07, 6.45) is 21.4. The van der Waals surface area contributed by atoms with Crippen LogP contribution in [-0.2, 0) is 22.9 Å². The zero-order valence-electron chi connectivity index (χ0n) is 27.2. The minimum absolute atomic E-state index is 0.114. The maximum absolute atomic E-state index is 6.26. The Morgan fingerprint density at radius 1 is 0.667 bits per heavy atom. The molecular weight excluding hydrogens is 512 g/mol. The SMILES string of the molecule is CC(C)(C)c1cc(OCCCCC[n+]2ccc(-c3cc[n+](C45CC6CC(CC(C6)C4)C5)cc3)cc2)cc(C(C)(C)C)c1. The van der Waals surface area contributed by atoms with E-state index in [9.17, 15) is 0 Å². The second kappa shape index (κ2) is 11.4. The minimum Gasteiger partial charge on any atom is -0.494 e. The van der Waals surface area contributed by atoms with Gasteiger partial charge >= 0.3 is 0 Å². The Kier molecular flexibility index (Phi) is 8.00. The Hall–Kier alpha value is -2.68. The van der Waals surface area contributed by atoms with Crippen LogP contribution in [0.15, 0.2) is 67.3 Å². The molecule has 3 nitrogen and oxygen atoms in total. The lowest BCUT2D eigenvalue weighted by Gasteiger charge is -2.53. The first-order chi connectivity index (χ1) is 20.0. The van der Waals surface area contributed by atoms with E-state index in [0.29, 0.717) is 5.54 Å². The van der Waals surface area contributed by atoms with E-state index in [1.807, 2.05) is 0 Å². The molecule has 4 aliphatic carbocycles. The lowest BCUT2D eigenvalue weighted by molar-refractivity contribution is -0.776. The number of unbranched alkanes of at least 4 members (excludes halogenated alkanes) is 2. The largest absolute Gasteiger partial charge is 0.494 e. The molecule has 0 saturated heterocycles. The number of hydrogen-bond acceptors (Lipinski definition) is 1. The van der Waals surface area contributed by atoms with Crippen molar-refractivity contribution >= 4 is 0 Å². The van der Waals surface area contributed by atoms with E-state index in [0.717, 1.165) is 43.1 Å². The summed E-state index contributed by atoms with van der Waals surface area (Å²) < 4.78 is 11.2. The molecule has 0 spiro atoms. The van der Waals surface area contributed by atoms with Gasteiger partial charge in [-0.15, -0.1) is 0 Å². The quantitative estimate of drug-likeness (QED) is 0.187. The molecule has 4 aliphatic rings. The Bertz CT molecular complexity index is 1290. The van der Waals surface area contributed by atoms with Gasteiger partial charge in [-0.3, -0.25) is 0 Å². The molecule has 0 radical (unpaired) electrons. The van der Waals surface area contributed by atoms with Crippen molar-refractivity contribution in [3.63, 3.8) is 0 Å². The number of nitrogens with zero attached hydrogens (tertiary/aromatic N) is 2. The van der Waals surface area contributed by atoms with Crippen LogP contribution in [0.4, 0.5) is 0 Å². The van der Waals surface area contributed by atoms with Crippen LogP contribution in [0.5, 0.6) is 5.75 Å². The lowest BCUT2D eigenvalue weighted by Crippen LogP contribution is -2.64. The first kappa shape index (κ1) is 29.4. The molecule has 0 N–H and O–H groups in total. The highest BCUT2D eigenvalue weighted by atomic mass is 16.5. The Morgan fingerprint density at radius 2 is 1.17 bits per heavy atom. The highest BCUT2D eigenvalue weighted by Crippen LogP contribution is 2.56. The third-order valence-corrected chi connectivity index (χ3v) is 10.6. The summed E-state index contributed by atoms with van der Waals surface area (Å²) in [5.41, 5.74) is 5.97. The van der Waals surface area contributed by atoms with Gasteiger partial charge in [0.15, 0.2) is 30.3 Å². The van der Waals surface area contributed by atoms with Crippen molar-refractivity contribution in [1.29, 1.82) is 0 Å². The molecule has 3 heteroatoms. The molecule has 7 rings (SSSR count). The third kappa shape index (κ3) is 6.46. The number of aromatic nitrogens is 2. The van der Waals surface area contributed by atoms with Gasteiger partial charge in [-0.2, -0.15) is 4.57 Å². The summed E-state index contributed by atoms with van der Waals surface area (Å²) in [6.45, 7) is 15.5. The van der Waals surface area contributed by atoms with Crippen molar-refractivity contribution in [2.75, 3.05) is 6.61 Å². The van der Waals surface area contributed by atoms with Crippen LogP contribution in [0.2, 0.25) is 0 Å². The average molecular weight is 567 g/mol. The predicted octanol–water partition coefficient (Wildman–Crippen LogP) is 8.70. The standard InChI is InChI=1S/C39H54N2O/c1-37(2,3)34-23-35(38(4,5)6)25-36(24-34)42-19-9-7-8-14-40-15-10-32(11-16-40)33-12-17-41(18-13-33)39-26-29-20-30(27-39)22-31(21-29)28-39/h10-13,15-18,23-25,29-31H,7-9,14,19-22,26-28H2,1-6H3/q+2. The summed E-state index contributed by atoms with van der Waals surface area (Å²) in [5.74, 6) is 3.95. The van der Waals surface area contributed by atoms with E-state index in [4.69, 9.17) is 4.74 Å². The molecule has 1 aromatic carbocycles. The molecule has 224 valence electrons. The fourth-order valence-electron chi connectivity index (χ4n) is 8.43. The molecule has 0 atom stereocenters. The predicted molar refractivity (Wildman–Crippen MR) is 172 cm³/mol. The molecule has 4 saturated carbocycles. The molecule has 0 unspecified atom stereocenters. The molecule has 4 fully saturated rings. The summed E-state index contributed by atoms with van der Waals surface area (Å²) in [6, 6.07) is 16.1. The van der Waals surface area contributed by atoms with E-state index in [1.165, 1.54) is 73.6 Å². The van der Waals surface area contributed by atoms with Gasteiger partial charge in [0.25, 0.3) is 0 Å². The van der Waals surface area contributed by atoms with Crippen LogP contribution >= 0.6 is 0 Å². The lowest BCUT2D eigenvalue weighted by atomic mass is 9.53. The Labute approximate surface area is 255 Å². The van der Waals surface area contributed by atoms with Crippen molar-refractivity contribution < 1.29 is 13.9 Å². The van der Waals surface area contributed by atoms with Crippen LogP contribution in [0.3, 0.4) is 0 Å². The van der Waals surface area contributed by atoms with Gasteiger partial charge in [-0.25, -0.2) is 4.57 Å². The van der Waals surface area contributed by atoms with Gasteiger partial charge in [-0.05, 0) is 95.1 Å². The monoisotopic (exact) mass is 566 g/mol. The van der Waals surface area contributed by atoms with E-state index in [1.54, 1.807) is 0 Å². The van der Waals surface area contributed by atoms with Gasteiger partial charge in [0.1, 0.15) is 12.3 Å². The maximum Gasteiger partial charge on any atom is 0.169 e. The molecular formula is C39H54N2O+2. The first-order valence-electron chi connectivity index (χ1n) is 16.8. The van der Waals surface area contributed by atoms with Crippen LogP contribution in [0, 0.1) is 17.8 Å². The van der Waals surface area contributed by atoms with Crippen molar-refractivity contribution in [2.24, 2.45) is 17.8 Å². The normalized spacial score (nSPS) is 25.1. The fourth-order valence-corrected chi connectivity index (χ4v) is 8.43. The van der Waals surface area contributed by atoms with Crippen molar-refractivity contribution in [3.05, 3.63) is 78.4 Å². The van der Waals surface area contributed by atoms with E-state index in [-0.39, 0.29) is 10.8 Å². The zero-order valence-corrected chi connectivity index (χ0v) is 27.2. The fraction of sp³-hybridized carbons (Fsp3) is 0.590. The topological polar surface area (TPSA) is 17.0 Å². The Balaban J connectivity index is 0.975. The van der Waals surface area contributed by atoms with Crippen LogP contribution in [0.25, 0.3) is 11.1 Å². The van der Waals surface area contributed by atoms with Gasteiger partial charge < -0.3 is 4.74 Å². The molecule has 0 amide bonds. The highest BCUT2D eigenvalue weighted by Gasteiger charge is 2.56. The molecule has 2 heterocycles. The summed E-state index contributed by atoms with van der Waals surface area (Å²) in [7, 11) is 0. The molecule has 0 aliphatic heterocycles. The van der Waals surface area contributed by atoms with Crippen LogP contribution in [0.1, 0.15) is 110 Å². The minimum atomic E-state index is 0.114. The molecule has 2 aromatic heterocycles. The molecule has 42 heavy (non-hydrogen) atoms. The van der Waals surface area contributed by atoms with E-state index >= 15 is 0 Å². The number of pyridine rings is 2. The maximum atomic E-state index is 6.26. The highest BCUT2D eigenvalue weighted by molar-refractivity contribution is 5.61. The third-order valence-electron chi connectivity index (χ3n) is 10.6. The van der Waals surface area contributed by atoms with Gasteiger partial charge in [-0.1, -0.05) is 47.6 Å². The summed E-state index contributed by atoms with van der Waals surface area (Å²) in [5, 5.41) is 0. The smallest absolute Gasteiger partial charge is 0.169 e. The van der Waals surface area contributed by atoms with Crippen molar-refractivity contribution in [3.8, 4) is 16.9 Å². The van der Waals surface area contributed by atoms with E-state index < -0.39 is 0 Å². The Morgan fingerprint density at radius 3 is 1.67 bits per heavy atom. The summed E-state index contributed by atoms with van der Waals surface area (Å²) in [4.78, 5) is 0. The average Bonchev–Trinajstić information content (AvgIpc) is 2.93. The first-order valence-corrected chi connectivity index (χ1v) is 16.8. The number of ether oxygens (including phenoxy) is 1. The van der Waals surface area contributed by atoms with Crippen molar-refractivity contribution in [2.45, 2.75) is 122 Å². The number of benzene rings is 1. The van der Waals surface area contributed by atoms with Crippen LogP contribution < -0.4 is 13.9 Å². The second-order valence-corrected chi connectivity index (χ2v) is 16.1. The second-order valence-electron chi connectivity index (χ2n) is 16.1. The van der Waals surface area contributed by atoms with E-state index in [2.05, 4.69) is 118 Å². The number of rotatable bonds is 9. The zero-order chi connectivity index (χ0) is 29.5. The van der Waals surface area contributed by atoms with Crippen molar-refractivity contribution in [1.82, 2.24) is 0 Å².